The molecule has 0 aliphatic carbocycles. The standard InChI is InChI=1S/C24H28N2O5/c1-3-30-21-14-8-7-13-20(21)25-23(28)22(18-10-5-4-6-11-18)31-24(29)19-12-9-15-26(16-19)17(2)27/h4-8,10-11,13-14,19,22H,3,9,12,15-16H2,1-2H3,(H,25,28)/t19-,22+/m0/s1. The van der Waals surface area contributed by atoms with Gasteiger partial charge in [-0.25, -0.2) is 0 Å². The quantitative estimate of drug-likeness (QED) is 0.687. The molecule has 1 aliphatic heterocycles. The van der Waals surface area contributed by atoms with E-state index in [-0.39, 0.29) is 5.91 Å². The molecule has 31 heavy (non-hydrogen) atoms. The summed E-state index contributed by atoms with van der Waals surface area (Å²) in [5, 5.41) is 2.82. The van der Waals surface area contributed by atoms with Crippen LogP contribution in [0.4, 0.5) is 5.69 Å². The number of piperidine rings is 1. The number of hydrogen-bond acceptors (Lipinski definition) is 5. The minimum Gasteiger partial charge on any atom is -0.492 e. The Hall–Kier alpha value is -3.35. The molecule has 0 saturated carbocycles. The molecule has 7 heteroatoms. The van der Waals surface area contributed by atoms with Crippen LogP contribution >= 0.6 is 0 Å². The summed E-state index contributed by atoms with van der Waals surface area (Å²) in [4.78, 5) is 39.4. The van der Waals surface area contributed by atoms with E-state index in [9.17, 15) is 14.4 Å². The van der Waals surface area contributed by atoms with Crippen LogP contribution in [0.25, 0.3) is 0 Å². The van der Waals surface area contributed by atoms with E-state index in [2.05, 4.69) is 5.32 Å². The Balaban J connectivity index is 1.78. The van der Waals surface area contributed by atoms with Crippen LogP contribution < -0.4 is 10.1 Å². The van der Waals surface area contributed by atoms with Crippen molar-refractivity contribution in [2.45, 2.75) is 32.8 Å². The van der Waals surface area contributed by atoms with E-state index in [0.29, 0.717) is 43.1 Å². The van der Waals surface area contributed by atoms with Crippen molar-refractivity contribution in [2.24, 2.45) is 5.92 Å². The first-order chi connectivity index (χ1) is 15.0. The lowest BCUT2D eigenvalue weighted by molar-refractivity contribution is -0.161. The fraction of sp³-hybridized carbons (Fsp3) is 0.375. The zero-order chi connectivity index (χ0) is 22.2. The second-order valence-electron chi connectivity index (χ2n) is 7.45. The monoisotopic (exact) mass is 424 g/mol. The molecule has 0 bridgehead atoms. The molecule has 2 atom stereocenters. The lowest BCUT2D eigenvalue weighted by Gasteiger charge is -2.31. The molecule has 2 aromatic rings. The molecule has 1 saturated heterocycles. The first kappa shape index (κ1) is 22.3. The largest absolute Gasteiger partial charge is 0.492 e. The number of benzene rings is 2. The number of carbonyl (C=O) groups is 3. The number of ether oxygens (including phenoxy) is 2. The Bertz CT molecular complexity index is 915. The molecule has 164 valence electrons. The van der Waals surface area contributed by atoms with Crippen LogP contribution in [0, 0.1) is 5.92 Å². The van der Waals surface area contributed by atoms with Gasteiger partial charge in [-0.1, -0.05) is 42.5 Å². The van der Waals surface area contributed by atoms with Gasteiger partial charge in [-0.3, -0.25) is 14.4 Å². The normalized spacial score (nSPS) is 16.8. The smallest absolute Gasteiger partial charge is 0.311 e. The highest BCUT2D eigenvalue weighted by Crippen LogP contribution is 2.28. The van der Waals surface area contributed by atoms with E-state index in [4.69, 9.17) is 9.47 Å². The lowest BCUT2D eigenvalue weighted by Crippen LogP contribution is -2.42. The highest BCUT2D eigenvalue weighted by atomic mass is 16.5. The molecule has 1 heterocycles. The molecule has 2 aromatic carbocycles. The van der Waals surface area contributed by atoms with Crippen LogP contribution in [0.5, 0.6) is 5.75 Å². The summed E-state index contributed by atoms with van der Waals surface area (Å²) < 4.78 is 11.3. The SMILES string of the molecule is CCOc1ccccc1NC(=O)[C@H](OC(=O)[C@H]1CCCN(C(C)=O)C1)c1ccccc1. The number of nitrogens with one attached hydrogen (secondary N) is 1. The van der Waals surface area contributed by atoms with Crippen LogP contribution in [-0.4, -0.2) is 42.4 Å². The predicted octanol–water partition coefficient (Wildman–Crippen LogP) is 3.57. The van der Waals surface area contributed by atoms with Gasteiger partial charge < -0.3 is 19.7 Å². The van der Waals surface area contributed by atoms with Gasteiger partial charge in [-0.05, 0) is 31.9 Å². The van der Waals surface area contributed by atoms with Crippen molar-refractivity contribution in [2.75, 3.05) is 25.0 Å². The Morgan fingerprint density at radius 3 is 2.52 bits per heavy atom. The van der Waals surface area contributed by atoms with Gasteiger partial charge in [0.25, 0.3) is 5.91 Å². The molecule has 0 aromatic heterocycles. The Morgan fingerprint density at radius 1 is 1.10 bits per heavy atom. The van der Waals surface area contributed by atoms with Crippen LogP contribution in [0.1, 0.15) is 38.4 Å². The van der Waals surface area contributed by atoms with Crippen molar-refractivity contribution in [3.05, 3.63) is 60.2 Å². The van der Waals surface area contributed by atoms with Gasteiger partial charge in [-0.2, -0.15) is 0 Å². The zero-order valence-electron chi connectivity index (χ0n) is 17.9. The van der Waals surface area contributed by atoms with Gasteiger partial charge in [0.05, 0.1) is 18.2 Å². The van der Waals surface area contributed by atoms with E-state index in [1.807, 2.05) is 19.1 Å². The summed E-state index contributed by atoms with van der Waals surface area (Å²) >= 11 is 0. The summed E-state index contributed by atoms with van der Waals surface area (Å²) in [7, 11) is 0. The third kappa shape index (κ3) is 5.84. The van der Waals surface area contributed by atoms with Crippen molar-refractivity contribution in [3.8, 4) is 5.75 Å². The predicted molar refractivity (Wildman–Crippen MR) is 116 cm³/mol. The number of anilines is 1. The molecule has 1 aliphatic rings. The number of rotatable bonds is 7. The molecular weight excluding hydrogens is 396 g/mol. The van der Waals surface area contributed by atoms with E-state index < -0.39 is 23.9 Å². The van der Waals surface area contributed by atoms with E-state index in [1.54, 1.807) is 47.4 Å². The number of para-hydroxylation sites is 2. The minimum absolute atomic E-state index is 0.0672. The first-order valence-electron chi connectivity index (χ1n) is 10.5. The second-order valence-corrected chi connectivity index (χ2v) is 7.45. The zero-order valence-corrected chi connectivity index (χ0v) is 17.9. The van der Waals surface area contributed by atoms with Crippen LogP contribution in [0.15, 0.2) is 54.6 Å². The summed E-state index contributed by atoms with van der Waals surface area (Å²) in [6.45, 7) is 4.75. The van der Waals surface area contributed by atoms with Gasteiger partial charge in [0.2, 0.25) is 12.0 Å². The Morgan fingerprint density at radius 2 is 1.81 bits per heavy atom. The van der Waals surface area contributed by atoms with Crippen LogP contribution in [-0.2, 0) is 19.1 Å². The van der Waals surface area contributed by atoms with E-state index >= 15 is 0 Å². The highest BCUT2D eigenvalue weighted by molar-refractivity contribution is 5.97. The molecule has 3 rings (SSSR count). The van der Waals surface area contributed by atoms with Crippen molar-refractivity contribution in [1.29, 1.82) is 0 Å². The molecule has 0 spiro atoms. The fourth-order valence-corrected chi connectivity index (χ4v) is 3.62. The first-order valence-corrected chi connectivity index (χ1v) is 10.5. The third-order valence-corrected chi connectivity index (χ3v) is 5.22. The van der Waals surface area contributed by atoms with Crippen molar-refractivity contribution in [3.63, 3.8) is 0 Å². The van der Waals surface area contributed by atoms with Gasteiger partial charge >= 0.3 is 5.97 Å². The average Bonchev–Trinajstić information content (AvgIpc) is 2.79. The van der Waals surface area contributed by atoms with E-state index in [1.165, 1.54) is 6.92 Å². The second kappa shape index (κ2) is 10.6. The van der Waals surface area contributed by atoms with Gasteiger partial charge in [0, 0.05) is 25.6 Å². The maximum absolute atomic E-state index is 13.2. The van der Waals surface area contributed by atoms with E-state index in [0.717, 1.165) is 6.42 Å². The third-order valence-electron chi connectivity index (χ3n) is 5.22. The van der Waals surface area contributed by atoms with Crippen molar-refractivity contribution >= 4 is 23.5 Å². The molecule has 2 amide bonds. The molecule has 7 nitrogen and oxygen atoms in total. The van der Waals surface area contributed by atoms with Gasteiger partial charge in [0.1, 0.15) is 5.75 Å². The van der Waals surface area contributed by atoms with Gasteiger partial charge in [0.15, 0.2) is 0 Å². The molecule has 1 fully saturated rings. The number of nitrogens with zero attached hydrogens (tertiary/aromatic N) is 1. The maximum Gasteiger partial charge on any atom is 0.311 e. The van der Waals surface area contributed by atoms with Crippen molar-refractivity contribution < 1.29 is 23.9 Å². The Kier molecular flexibility index (Phi) is 7.65. The molecule has 0 unspecified atom stereocenters. The highest BCUT2D eigenvalue weighted by Gasteiger charge is 2.33. The lowest BCUT2D eigenvalue weighted by atomic mass is 9.98. The minimum atomic E-state index is -1.11. The molecular formula is C24H28N2O5. The van der Waals surface area contributed by atoms with Gasteiger partial charge in [-0.15, -0.1) is 0 Å². The maximum atomic E-state index is 13.2. The molecule has 1 N–H and O–H groups in total. The number of carbonyl (C=O) groups excluding carboxylic acids is 3. The number of amides is 2. The number of hydrogen-bond donors (Lipinski definition) is 1. The van der Waals surface area contributed by atoms with Crippen LogP contribution in [0.2, 0.25) is 0 Å². The summed E-state index contributed by atoms with van der Waals surface area (Å²) in [6.07, 6.45) is 0.235. The number of esters is 1. The molecule has 0 radical (unpaired) electrons. The summed E-state index contributed by atoms with van der Waals surface area (Å²) in [5.74, 6) is -0.922. The fourth-order valence-electron chi connectivity index (χ4n) is 3.62. The summed E-state index contributed by atoms with van der Waals surface area (Å²) in [5.41, 5.74) is 1.08. The van der Waals surface area contributed by atoms with Crippen LogP contribution in [0.3, 0.4) is 0 Å². The average molecular weight is 424 g/mol. The summed E-state index contributed by atoms with van der Waals surface area (Å²) in [6, 6.07) is 16.0. The Labute approximate surface area is 182 Å². The number of likely N-dealkylation sites (tertiary alicyclic amines) is 1. The van der Waals surface area contributed by atoms with Crippen molar-refractivity contribution in [1.82, 2.24) is 4.90 Å². The topological polar surface area (TPSA) is 84.9 Å².